The van der Waals surface area contributed by atoms with E-state index in [0.29, 0.717) is 40.8 Å². The Morgan fingerprint density at radius 2 is 1.65 bits per heavy atom. The Bertz CT molecular complexity index is 1110. The molecule has 160 valence electrons. The molecule has 0 radical (unpaired) electrons. The fraction of sp³-hybridized carbons (Fsp3) is 0.240. The summed E-state index contributed by atoms with van der Waals surface area (Å²) in [7, 11) is 4.82. The normalized spacial score (nSPS) is 15.2. The molecule has 1 aliphatic rings. The molecule has 6 heteroatoms. The number of hydrogen-bond acceptors (Lipinski definition) is 4. The zero-order valence-corrected chi connectivity index (χ0v) is 18.5. The van der Waals surface area contributed by atoms with Gasteiger partial charge in [-0.3, -0.25) is 4.79 Å². The molecule has 4 rings (SSSR count). The van der Waals surface area contributed by atoms with E-state index in [4.69, 9.17) is 25.8 Å². The van der Waals surface area contributed by atoms with E-state index in [1.807, 2.05) is 53.4 Å². The average molecular weight is 438 g/mol. The minimum atomic E-state index is -0.351. The van der Waals surface area contributed by atoms with Gasteiger partial charge < -0.3 is 19.1 Å². The second-order valence-corrected chi connectivity index (χ2v) is 7.72. The van der Waals surface area contributed by atoms with Gasteiger partial charge in [-0.05, 0) is 59.5 Å². The summed E-state index contributed by atoms with van der Waals surface area (Å²) in [4.78, 5) is 15.5. The monoisotopic (exact) mass is 437 g/mol. The lowest BCUT2D eigenvalue weighted by atomic mass is 9.87. The zero-order chi connectivity index (χ0) is 22.0. The summed E-state index contributed by atoms with van der Waals surface area (Å²) < 4.78 is 16.4. The molecule has 1 heterocycles. The van der Waals surface area contributed by atoms with Crippen LogP contribution in [0.2, 0.25) is 5.02 Å². The summed E-state index contributed by atoms with van der Waals surface area (Å²) in [5.74, 6) is 1.86. The first-order valence-electron chi connectivity index (χ1n) is 10.0. The molecule has 5 nitrogen and oxygen atoms in total. The van der Waals surface area contributed by atoms with Crippen molar-refractivity contribution in [2.75, 3.05) is 27.9 Å². The van der Waals surface area contributed by atoms with E-state index < -0.39 is 0 Å². The number of hydrogen-bond donors (Lipinski definition) is 0. The fourth-order valence-electron chi connectivity index (χ4n) is 4.12. The number of fused-ring (bicyclic) bond motifs is 1. The van der Waals surface area contributed by atoms with Gasteiger partial charge in [0, 0.05) is 17.1 Å². The van der Waals surface area contributed by atoms with Crippen LogP contribution < -0.4 is 14.2 Å². The summed E-state index contributed by atoms with van der Waals surface area (Å²) in [6.07, 6.45) is 0.701. The molecule has 3 aromatic rings. The predicted octanol–water partition coefficient (Wildman–Crippen LogP) is 5.15. The first kappa shape index (κ1) is 21.1. The SMILES string of the molecule is COc1cccc(C(=O)N2CCc3cc(OC)c(OC)cc3[C@H]2c2ccccc2Cl)c1. The molecule has 3 aromatic carbocycles. The van der Waals surface area contributed by atoms with E-state index in [1.54, 1.807) is 33.5 Å². The average Bonchev–Trinajstić information content (AvgIpc) is 2.82. The fourth-order valence-corrected chi connectivity index (χ4v) is 4.36. The lowest BCUT2D eigenvalue weighted by molar-refractivity contribution is 0.0694. The highest BCUT2D eigenvalue weighted by Gasteiger charge is 2.35. The number of benzene rings is 3. The van der Waals surface area contributed by atoms with Crippen LogP contribution in [-0.2, 0) is 6.42 Å². The van der Waals surface area contributed by atoms with Gasteiger partial charge in [0.15, 0.2) is 11.5 Å². The molecule has 0 saturated carbocycles. The van der Waals surface area contributed by atoms with Crippen molar-refractivity contribution in [2.24, 2.45) is 0 Å². The van der Waals surface area contributed by atoms with Crippen LogP contribution in [0.4, 0.5) is 0 Å². The van der Waals surface area contributed by atoms with Gasteiger partial charge in [0.05, 0.1) is 27.4 Å². The Kier molecular flexibility index (Phi) is 6.05. The minimum Gasteiger partial charge on any atom is -0.497 e. The molecule has 31 heavy (non-hydrogen) atoms. The minimum absolute atomic E-state index is 0.0794. The smallest absolute Gasteiger partial charge is 0.254 e. The van der Waals surface area contributed by atoms with E-state index in [2.05, 4.69) is 0 Å². The Morgan fingerprint density at radius 3 is 2.35 bits per heavy atom. The Labute approximate surface area is 187 Å². The van der Waals surface area contributed by atoms with E-state index in [0.717, 1.165) is 16.7 Å². The van der Waals surface area contributed by atoms with E-state index in [9.17, 15) is 4.79 Å². The van der Waals surface area contributed by atoms with Gasteiger partial charge in [0.25, 0.3) is 5.91 Å². The van der Waals surface area contributed by atoms with Crippen molar-refractivity contribution in [2.45, 2.75) is 12.5 Å². The second-order valence-electron chi connectivity index (χ2n) is 7.31. The van der Waals surface area contributed by atoms with Crippen LogP contribution in [0.5, 0.6) is 17.2 Å². The van der Waals surface area contributed by atoms with Crippen molar-refractivity contribution in [3.8, 4) is 17.2 Å². The van der Waals surface area contributed by atoms with Crippen LogP contribution in [0.25, 0.3) is 0 Å². The summed E-state index contributed by atoms with van der Waals surface area (Å²) >= 11 is 6.61. The number of carbonyl (C=O) groups is 1. The highest BCUT2D eigenvalue weighted by atomic mass is 35.5. The third-order valence-corrected chi connectivity index (χ3v) is 6.00. The maximum atomic E-state index is 13.6. The summed E-state index contributed by atoms with van der Waals surface area (Å²) in [5, 5.41) is 0.610. The molecule has 0 aromatic heterocycles. The van der Waals surface area contributed by atoms with Crippen molar-refractivity contribution in [3.05, 3.63) is 87.9 Å². The first-order chi connectivity index (χ1) is 15.1. The van der Waals surface area contributed by atoms with Crippen LogP contribution in [0, 0.1) is 0 Å². The predicted molar refractivity (Wildman–Crippen MR) is 121 cm³/mol. The van der Waals surface area contributed by atoms with Crippen molar-refractivity contribution >= 4 is 17.5 Å². The molecule has 0 aliphatic carbocycles. The van der Waals surface area contributed by atoms with Gasteiger partial charge in [-0.1, -0.05) is 35.9 Å². The number of nitrogens with zero attached hydrogens (tertiary/aromatic N) is 1. The van der Waals surface area contributed by atoms with Gasteiger partial charge >= 0.3 is 0 Å². The molecule has 0 fully saturated rings. The third kappa shape index (κ3) is 3.93. The molecular formula is C25H24ClNO4. The van der Waals surface area contributed by atoms with Crippen molar-refractivity contribution in [3.63, 3.8) is 0 Å². The van der Waals surface area contributed by atoms with Gasteiger partial charge in [0.2, 0.25) is 0 Å². The van der Waals surface area contributed by atoms with Crippen LogP contribution in [0.1, 0.15) is 33.1 Å². The quantitative estimate of drug-likeness (QED) is 0.553. The molecule has 1 amide bonds. The molecule has 0 N–H and O–H groups in total. The lowest BCUT2D eigenvalue weighted by Gasteiger charge is -2.38. The molecular weight excluding hydrogens is 414 g/mol. The van der Waals surface area contributed by atoms with Crippen LogP contribution in [0.3, 0.4) is 0 Å². The largest absolute Gasteiger partial charge is 0.497 e. The molecule has 0 bridgehead atoms. The second kappa shape index (κ2) is 8.90. The highest BCUT2D eigenvalue weighted by molar-refractivity contribution is 6.31. The Hall–Kier alpha value is -3.18. The molecule has 1 aliphatic heterocycles. The highest BCUT2D eigenvalue weighted by Crippen LogP contribution is 2.43. The number of halogens is 1. The molecule has 1 atom stereocenters. The van der Waals surface area contributed by atoms with E-state index in [1.165, 1.54) is 0 Å². The topological polar surface area (TPSA) is 48.0 Å². The summed E-state index contributed by atoms with van der Waals surface area (Å²) in [6.45, 7) is 0.550. The van der Waals surface area contributed by atoms with Gasteiger partial charge in [-0.25, -0.2) is 0 Å². The summed E-state index contributed by atoms with van der Waals surface area (Å²) in [6, 6.07) is 18.4. The molecule has 0 saturated heterocycles. The zero-order valence-electron chi connectivity index (χ0n) is 17.7. The Morgan fingerprint density at radius 1 is 0.903 bits per heavy atom. The number of carbonyl (C=O) groups excluding carboxylic acids is 1. The number of methoxy groups -OCH3 is 3. The maximum absolute atomic E-state index is 13.6. The van der Waals surface area contributed by atoms with E-state index >= 15 is 0 Å². The van der Waals surface area contributed by atoms with Crippen LogP contribution >= 0.6 is 11.6 Å². The lowest BCUT2D eigenvalue weighted by Crippen LogP contribution is -2.40. The van der Waals surface area contributed by atoms with Gasteiger partial charge in [0.1, 0.15) is 5.75 Å². The van der Waals surface area contributed by atoms with Crippen LogP contribution in [0.15, 0.2) is 60.7 Å². The Balaban J connectivity index is 1.86. The van der Waals surface area contributed by atoms with Crippen LogP contribution in [-0.4, -0.2) is 38.7 Å². The number of ether oxygens (including phenoxy) is 3. The third-order valence-electron chi connectivity index (χ3n) is 5.65. The van der Waals surface area contributed by atoms with Crippen molar-refractivity contribution in [1.82, 2.24) is 4.90 Å². The number of amides is 1. The maximum Gasteiger partial charge on any atom is 0.254 e. The summed E-state index contributed by atoms with van der Waals surface area (Å²) in [5.41, 5.74) is 3.53. The van der Waals surface area contributed by atoms with Gasteiger partial charge in [-0.15, -0.1) is 0 Å². The van der Waals surface area contributed by atoms with Crippen molar-refractivity contribution in [1.29, 1.82) is 0 Å². The first-order valence-corrected chi connectivity index (χ1v) is 10.4. The number of rotatable bonds is 5. The standard InChI is InChI=1S/C25H24ClNO4/c1-29-18-8-6-7-17(13-18)25(28)27-12-11-16-14-22(30-2)23(31-3)15-20(16)24(27)19-9-4-5-10-21(19)26/h4-10,13-15,24H,11-12H2,1-3H3/t24-/m1/s1. The van der Waals surface area contributed by atoms with Gasteiger partial charge in [-0.2, -0.15) is 0 Å². The van der Waals surface area contributed by atoms with Crippen molar-refractivity contribution < 1.29 is 19.0 Å². The van der Waals surface area contributed by atoms with E-state index in [-0.39, 0.29) is 11.9 Å². The molecule has 0 spiro atoms. The molecule has 0 unspecified atom stereocenters.